The third kappa shape index (κ3) is 2.84. The number of fused-ring (bicyclic) bond motifs is 1. The highest BCUT2D eigenvalue weighted by Crippen LogP contribution is 2.29. The van der Waals surface area contributed by atoms with Crippen molar-refractivity contribution in [2.75, 3.05) is 11.4 Å². The number of nitrogens with zero attached hydrogens (tertiary/aromatic N) is 2. The second-order valence-corrected chi connectivity index (χ2v) is 5.84. The molecule has 120 valence electrons. The van der Waals surface area contributed by atoms with E-state index in [4.69, 9.17) is 10.3 Å². The van der Waals surface area contributed by atoms with Gasteiger partial charge in [-0.15, -0.1) is 0 Å². The molecule has 3 rings (SSSR count). The van der Waals surface area contributed by atoms with Gasteiger partial charge in [0.25, 0.3) is 0 Å². The second kappa shape index (κ2) is 5.87. The molecule has 0 fully saturated rings. The van der Waals surface area contributed by atoms with Crippen LogP contribution in [0.3, 0.4) is 0 Å². The van der Waals surface area contributed by atoms with Gasteiger partial charge in [0.1, 0.15) is 5.76 Å². The summed E-state index contributed by atoms with van der Waals surface area (Å²) >= 11 is 0. The zero-order chi connectivity index (χ0) is 16.6. The van der Waals surface area contributed by atoms with E-state index in [0.717, 1.165) is 35.3 Å². The third-order valence-electron chi connectivity index (χ3n) is 4.29. The number of anilines is 1. The summed E-state index contributed by atoms with van der Waals surface area (Å²) < 4.78 is 5.12. The van der Waals surface area contributed by atoms with Crippen LogP contribution in [0.5, 0.6) is 0 Å². The van der Waals surface area contributed by atoms with E-state index in [1.807, 2.05) is 13.8 Å². The number of carbonyl (C=O) groups excluding carboxylic acids is 2. The molecule has 2 N–H and O–H groups in total. The van der Waals surface area contributed by atoms with Gasteiger partial charge in [-0.2, -0.15) is 0 Å². The molecular formula is C17H19N3O3. The zero-order valence-electron chi connectivity index (χ0n) is 13.3. The largest absolute Gasteiger partial charge is 0.366 e. The average Bonchev–Trinajstić information content (AvgIpc) is 2.85. The van der Waals surface area contributed by atoms with Gasteiger partial charge in [-0.1, -0.05) is 5.16 Å². The summed E-state index contributed by atoms with van der Waals surface area (Å²) in [6.07, 6.45) is 1.96. The van der Waals surface area contributed by atoms with Gasteiger partial charge in [-0.25, -0.2) is 0 Å². The Morgan fingerprint density at radius 2 is 2.13 bits per heavy atom. The Labute approximate surface area is 134 Å². The molecule has 0 radical (unpaired) electrons. The van der Waals surface area contributed by atoms with Crippen LogP contribution in [0.4, 0.5) is 5.69 Å². The first kappa shape index (κ1) is 15.3. The minimum absolute atomic E-state index is 0.00664. The Kier molecular flexibility index (Phi) is 3.90. The molecule has 1 aromatic carbocycles. The summed E-state index contributed by atoms with van der Waals surface area (Å²) in [6.45, 7) is 4.32. The number of amides is 2. The minimum Gasteiger partial charge on any atom is -0.366 e. The van der Waals surface area contributed by atoms with E-state index in [1.165, 1.54) is 0 Å². The summed E-state index contributed by atoms with van der Waals surface area (Å²) in [6, 6.07) is 5.26. The monoisotopic (exact) mass is 313 g/mol. The van der Waals surface area contributed by atoms with Gasteiger partial charge in [0.05, 0.1) is 12.1 Å². The minimum atomic E-state index is -0.452. The maximum absolute atomic E-state index is 12.7. The third-order valence-corrected chi connectivity index (χ3v) is 4.29. The lowest BCUT2D eigenvalue weighted by molar-refractivity contribution is -0.118. The first-order chi connectivity index (χ1) is 11.0. The molecule has 2 aromatic rings. The summed E-state index contributed by atoms with van der Waals surface area (Å²) in [5, 5.41) is 3.89. The molecule has 1 aliphatic heterocycles. The van der Waals surface area contributed by atoms with Crippen molar-refractivity contribution in [3.8, 4) is 0 Å². The first-order valence-corrected chi connectivity index (χ1v) is 7.62. The van der Waals surface area contributed by atoms with Gasteiger partial charge in [-0.3, -0.25) is 9.59 Å². The molecule has 0 atom stereocenters. The normalized spacial score (nSPS) is 13.7. The number of aryl methyl sites for hydroxylation is 3. The van der Waals surface area contributed by atoms with Crippen molar-refractivity contribution in [2.45, 2.75) is 33.1 Å². The fourth-order valence-electron chi connectivity index (χ4n) is 3.01. The lowest BCUT2D eigenvalue weighted by Gasteiger charge is -2.30. The standard InChI is InChI=1S/C17H19N3O3/c1-10-14(11(2)23-19-10)9-16(21)20-7-3-4-12-8-13(17(18)22)5-6-15(12)20/h5-6,8H,3-4,7,9H2,1-2H3,(H2,18,22). The molecule has 2 heterocycles. The van der Waals surface area contributed by atoms with E-state index >= 15 is 0 Å². The topological polar surface area (TPSA) is 89.4 Å². The van der Waals surface area contributed by atoms with E-state index in [2.05, 4.69) is 5.16 Å². The number of rotatable bonds is 3. The van der Waals surface area contributed by atoms with Crippen LogP contribution in [0.2, 0.25) is 0 Å². The second-order valence-electron chi connectivity index (χ2n) is 5.84. The zero-order valence-corrected chi connectivity index (χ0v) is 13.3. The first-order valence-electron chi connectivity index (χ1n) is 7.62. The molecule has 0 saturated heterocycles. The molecular weight excluding hydrogens is 294 g/mol. The Morgan fingerprint density at radius 1 is 1.35 bits per heavy atom. The molecule has 1 aromatic heterocycles. The van der Waals surface area contributed by atoms with Gasteiger partial charge in [0.2, 0.25) is 11.8 Å². The molecule has 6 nitrogen and oxygen atoms in total. The lowest BCUT2D eigenvalue weighted by Crippen LogP contribution is -2.36. The van der Waals surface area contributed by atoms with E-state index in [-0.39, 0.29) is 12.3 Å². The maximum atomic E-state index is 12.7. The Balaban J connectivity index is 1.88. The highest BCUT2D eigenvalue weighted by molar-refractivity contribution is 5.98. The number of carbonyl (C=O) groups is 2. The van der Waals surface area contributed by atoms with Crippen molar-refractivity contribution in [1.29, 1.82) is 0 Å². The predicted octanol–water partition coefficient (Wildman–Crippen LogP) is 1.91. The Morgan fingerprint density at radius 3 is 2.78 bits per heavy atom. The van der Waals surface area contributed by atoms with E-state index in [0.29, 0.717) is 17.9 Å². The molecule has 1 aliphatic rings. The van der Waals surface area contributed by atoms with Crippen molar-refractivity contribution >= 4 is 17.5 Å². The quantitative estimate of drug-likeness (QED) is 0.937. The van der Waals surface area contributed by atoms with E-state index in [1.54, 1.807) is 23.1 Å². The van der Waals surface area contributed by atoms with Gasteiger partial charge in [0.15, 0.2) is 0 Å². The fourth-order valence-corrected chi connectivity index (χ4v) is 3.01. The maximum Gasteiger partial charge on any atom is 0.248 e. The van der Waals surface area contributed by atoms with Crippen LogP contribution in [0.1, 0.15) is 39.4 Å². The van der Waals surface area contributed by atoms with Crippen LogP contribution < -0.4 is 10.6 Å². The molecule has 6 heteroatoms. The van der Waals surface area contributed by atoms with Crippen molar-refractivity contribution in [3.63, 3.8) is 0 Å². The average molecular weight is 313 g/mol. The summed E-state index contributed by atoms with van der Waals surface area (Å²) in [5.74, 6) is 0.233. The highest BCUT2D eigenvalue weighted by Gasteiger charge is 2.25. The number of primary amides is 1. The molecule has 2 amide bonds. The van der Waals surface area contributed by atoms with Crippen molar-refractivity contribution in [2.24, 2.45) is 5.73 Å². The van der Waals surface area contributed by atoms with Crippen LogP contribution in [-0.4, -0.2) is 23.5 Å². The van der Waals surface area contributed by atoms with Crippen LogP contribution in [0, 0.1) is 13.8 Å². The lowest BCUT2D eigenvalue weighted by atomic mass is 9.98. The molecule has 0 bridgehead atoms. The van der Waals surface area contributed by atoms with Crippen molar-refractivity contribution in [1.82, 2.24) is 5.16 Å². The number of hydrogen-bond acceptors (Lipinski definition) is 4. The van der Waals surface area contributed by atoms with Gasteiger partial charge >= 0.3 is 0 Å². The predicted molar refractivity (Wildman–Crippen MR) is 85.3 cm³/mol. The van der Waals surface area contributed by atoms with Crippen LogP contribution in [0.15, 0.2) is 22.7 Å². The molecule has 0 saturated carbocycles. The summed E-state index contributed by atoms with van der Waals surface area (Å²) in [7, 11) is 0. The molecule has 0 unspecified atom stereocenters. The van der Waals surface area contributed by atoms with E-state index < -0.39 is 5.91 Å². The number of aromatic nitrogens is 1. The molecule has 0 spiro atoms. The number of benzene rings is 1. The van der Waals surface area contributed by atoms with Gasteiger partial charge in [0, 0.05) is 23.4 Å². The van der Waals surface area contributed by atoms with Crippen LogP contribution in [0.25, 0.3) is 0 Å². The van der Waals surface area contributed by atoms with Gasteiger partial charge < -0.3 is 15.2 Å². The van der Waals surface area contributed by atoms with E-state index in [9.17, 15) is 9.59 Å². The smallest absolute Gasteiger partial charge is 0.248 e. The summed E-state index contributed by atoms with van der Waals surface area (Å²) in [5.41, 5.74) is 9.24. The molecule has 0 aliphatic carbocycles. The van der Waals surface area contributed by atoms with Gasteiger partial charge in [-0.05, 0) is 50.5 Å². The number of hydrogen-bond donors (Lipinski definition) is 1. The van der Waals surface area contributed by atoms with Crippen LogP contribution >= 0.6 is 0 Å². The fraction of sp³-hybridized carbons (Fsp3) is 0.353. The van der Waals surface area contributed by atoms with Crippen molar-refractivity contribution in [3.05, 3.63) is 46.3 Å². The van der Waals surface area contributed by atoms with Crippen molar-refractivity contribution < 1.29 is 14.1 Å². The Hall–Kier alpha value is -2.63. The summed E-state index contributed by atoms with van der Waals surface area (Å²) in [4.78, 5) is 25.8. The number of nitrogens with two attached hydrogens (primary N) is 1. The Bertz CT molecular complexity index is 760. The molecule has 23 heavy (non-hydrogen) atoms. The van der Waals surface area contributed by atoms with Crippen LogP contribution in [-0.2, 0) is 17.6 Å². The SMILES string of the molecule is Cc1noc(C)c1CC(=O)N1CCCc2cc(C(N)=O)ccc21. The highest BCUT2D eigenvalue weighted by atomic mass is 16.5.